The van der Waals surface area contributed by atoms with Gasteiger partial charge in [-0.25, -0.2) is 4.39 Å². The molecule has 1 aromatic heterocycles. The van der Waals surface area contributed by atoms with E-state index in [2.05, 4.69) is 18.2 Å². The maximum absolute atomic E-state index is 13.0. The van der Waals surface area contributed by atoms with Gasteiger partial charge in [-0.1, -0.05) is 41.6 Å². The van der Waals surface area contributed by atoms with Crippen LogP contribution >= 0.6 is 11.8 Å². The highest BCUT2D eigenvalue weighted by Crippen LogP contribution is 2.30. The van der Waals surface area contributed by atoms with Crippen molar-refractivity contribution in [3.05, 3.63) is 83.4 Å². The lowest BCUT2D eigenvalue weighted by atomic mass is 10.1. The lowest BCUT2D eigenvalue weighted by Crippen LogP contribution is -1.82. The minimum absolute atomic E-state index is 0.328. The number of hydrogen-bond acceptors (Lipinski definition) is 3. The first kappa shape index (κ1) is 16.1. The molecule has 24 heavy (non-hydrogen) atoms. The van der Waals surface area contributed by atoms with Crippen molar-refractivity contribution in [2.45, 2.75) is 16.9 Å². The Labute approximate surface area is 144 Å². The van der Waals surface area contributed by atoms with Crippen molar-refractivity contribution in [3.8, 4) is 6.07 Å². The SMILES string of the molecule is Cc1ccc(Sc2ccc(/C=C(\C#N)c3ccc(F)cc3)o2)cc1. The van der Waals surface area contributed by atoms with Crippen LogP contribution in [-0.4, -0.2) is 0 Å². The lowest BCUT2D eigenvalue weighted by molar-refractivity contribution is 0.466. The molecular weight excluding hydrogens is 321 g/mol. The molecule has 4 heteroatoms. The Balaban J connectivity index is 1.80. The van der Waals surface area contributed by atoms with Crippen LogP contribution in [0, 0.1) is 24.1 Å². The quantitative estimate of drug-likeness (QED) is 0.553. The van der Waals surface area contributed by atoms with Crippen LogP contribution in [0.3, 0.4) is 0 Å². The number of allylic oxidation sites excluding steroid dienone is 1. The highest BCUT2D eigenvalue weighted by molar-refractivity contribution is 7.99. The molecule has 3 rings (SSSR count). The monoisotopic (exact) mass is 335 g/mol. The van der Waals surface area contributed by atoms with Gasteiger partial charge in [0.25, 0.3) is 0 Å². The average Bonchev–Trinajstić information content (AvgIpc) is 3.03. The highest BCUT2D eigenvalue weighted by atomic mass is 32.2. The highest BCUT2D eigenvalue weighted by Gasteiger charge is 2.06. The molecule has 118 valence electrons. The van der Waals surface area contributed by atoms with Gasteiger partial charge in [-0.3, -0.25) is 0 Å². The number of rotatable bonds is 4. The van der Waals surface area contributed by atoms with Gasteiger partial charge < -0.3 is 4.42 Å². The van der Waals surface area contributed by atoms with Gasteiger partial charge in [-0.15, -0.1) is 0 Å². The van der Waals surface area contributed by atoms with Crippen LogP contribution in [0.1, 0.15) is 16.9 Å². The van der Waals surface area contributed by atoms with Crippen molar-refractivity contribution in [2.24, 2.45) is 0 Å². The molecule has 0 aliphatic rings. The van der Waals surface area contributed by atoms with E-state index >= 15 is 0 Å². The van der Waals surface area contributed by atoms with Crippen LogP contribution in [-0.2, 0) is 0 Å². The maximum atomic E-state index is 13.0. The molecule has 0 amide bonds. The second-order valence-corrected chi connectivity index (χ2v) is 6.33. The average molecular weight is 335 g/mol. The molecule has 2 nitrogen and oxygen atoms in total. The molecule has 0 atom stereocenters. The van der Waals surface area contributed by atoms with Crippen molar-refractivity contribution in [2.75, 3.05) is 0 Å². The van der Waals surface area contributed by atoms with E-state index < -0.39 is 0 Å². The summed E-state index contributed by atoms with van der Waals surface area (Å²) in [6.07, 6.45) is 1.66. The summed E-state index contributed by atoms with van der Waals surface area (Å²) in [5.74, 6) is 0.260. The Morgan fingerprint density at radius 2 is 1.75 bits per heavy atom. The topological polar surface area (TPSA) is 36.9 Å². The Morgan fingerprint density at radius 1 is 1.04 bits per heavy atom. The summed E-state index contributed by atoms with van der Waals surface area (Å²) < 4.78 is 18.7. The summed E-state index contributed by atoms with van der Waals surface area (Å²) in [6, 6.07) is 19.8. The third-order valence-corrected chi connectivity index (χ3v) is 4.33. The van der Waals surface area contributed by atoms with E-state index in [-0.39, 0.29) is 5.82 Å². The molecule has 2 aromatic carbocycles. The third kappa shape index (κ3) is 3.95. The van der Waals surface area contributed by atoms with Crippen molar-refractivity contribution >= 4 is 23.4 Å². The molecule has 0 unspecified atom stereocenters. The standard InChI is InChI=1S/C20H14FNOS/c1-14-2-9-19(10-3-14)24-20-11-8-18(23-20)12-16(13-22)15-4-6-17(21)7-5-15/h2-12H,1H3/b16-12+. The number of nitrogens with zero attached hydrogens (tertiary/aromatic N) is 1. The molecule has 0 radical (unpaired) electrons. The fourth-order valence-electron chi connectivity index (χ4n) is 2.14. The zero-order valence-electron chi connectivity index (χ0n) is 13.0. The number of aryl methyl sites for hydroxylation is 1. The van der Waals surface area contributed by atoms with Crippen molar-refractivity contribution in [3.63, 3.8) is 0 Å². The van der Waals surface area contributed by atoms with E-state index in [9.17, 15) is 9.65 Å². The largest absolute Gasteiger partial charge is 0.450 e. The molecule has 0 N–H and O–H groups in total. The van der Waals surface area contributed by atoms with Crippen LogP contribution in [0.2, 0.25) is 0 Å². The third-order valence-electron chi connectivity index (χ3n) is 3.40. The van der Waals surface area contributed by atoms with E-state index in [0.717, 1.165) is 9.99 Å². The van der Waals surface area contributed by atoms with Crippen LogP contribution in [0.15, 0.2) is 75.1 Å². The van der Waals surface area contributed by atoms with Crippen LogP contribution in [0.4, 0.5) is 4.39 Å². The van der Waals surface area contributed by atoms with E-state index in [1.54, 1.807) is 18.2 Å². The molecule has 0 saturated heterocycles. The summed E-state index contributed by atoms with van der Waals surface area (Å²) in [5.41, 5.74) is 2.29. The van der Waals surface area contributed by atoms with Crippen LogP contribution in [0.25, 0.3) is 11.6 Å². The van der Waals surface area contributed by atoms with Gasteiger partial charge in [0.05, 0.1) is 11.6 Å². The van der Waals surface area contributed by atoms with Gasteiger partial charge in [0, 0.05) is 4.90 Å². The maximum Gasteiger partial charge on any atom is 0.165 e. The molecule has 1 heterocycles. The molecule has 0 spiro atoms. The minimum atomic E-state index is -0.328. The minimum Gasteiger partial charge on any atom is -0.450 e. The zero-order chi connectivity index (χ0) is 16.9. The summed E-state index contributed by atoms with van der Waals surface area (Å²) in [4.78, 5) is 1.09. The van der Waals surface area contributed by atoms with Gasteiger partial charge in [0.1, 0.15) is 11.6 Å². The Kier molecular flexibility index (Phi) is 4.83. The Bertz CT molecular complexity index is 902. The van der Waals surface area contributed by atoms with E-state index in [4.69, 9.17) is 4.42 Å². The predicted molar refractivity (Wildman–Crippen MR) is 93.9 cm³/mol. The van der Waals surface area contributed by atoms with E-state index in [1.807, 2.05) is 31.2 Å². The summed E-state index contributed by atoms with van der Waals surface area (Å²) in [5, 5.41) is 10.1. The Morgan fingerprint density at radius 3 is 2.42 bits per heavy atom. The smallest absolute Gasteiger partial charge is 0.165 e. The fraction of sp³-hybridized carbons (Fsp3) is 0.0500. The molecule has 3 aromatic rings. The van der Waals surface area contributed by atoms with E-state index in [0.29, 0.717) is 16.9 Å². The molecule has 0 saturated carbocycles. The first-order valence-electron chi connectivity index (χ1n) is 7.36. The molecule has 0 bridgehead atoms. The molecule has 0 fully saturated rings. The van der Waals surface area contributed by atoms with Crippen LogP contribution < -0.4 is 0 Å². The number of hydrogen-bond donors (Lipinski definition) is 0. The lowest BCUT2D eigenvalue weighted by Gasteiger charge is -1.99. The predicted octanol–water partition coefficient (Wildman–Crippen LogP) is 5.94. The number of benzene rings is 2. The van der Waals surface area contributed by atoms with Gasteiger partial charge in [0.2, 0.25) is 0 Å². The van der Waals surface area contributed by atoms with Crippen molar-refractivity contribution in [1.82, 2.24) is 0 Å². The number of nitriles is 1. The molecular formula is C20H14FNOS. The Hall–Kier alpha value is -2.77. The molecule has 0 aliphatic carbocycles. The van der Waals surface area contributed by atoms with Crippen LogP contribution in [0.5, 0.6) is 0 Å². The van der Waals surface area contributed by atoms with Gasteiger partial charge in [-0.2, -0.15) is 5.26 Å². The normalized spacial score (nSPS) is 11.3. The van der Waals surface area contributed by atoms with Gasteiger partial charge >= 0.3 is 0 Å². The number of halogens is 1. The first-order valence-corrected chi connectivity index (χ1v) is 8.18. The van der Waals surface area contributed by atoms with Crippen molar-refractivity contribution in [1.29, 1.82) is 5.26 Å². The van der Waals surface area contributed by atoms with Gasteiger partial charge in [-0.05, 0) is 55.0 Å². The second kappa shape index (κ2) is 7.20. The summed E-state index contributed by atoms with van der Waals surface area (Å²) in [6.45, 7) is 2.04. The number of furan rings is 1. The summed E-state index contributed by atoms with van der Waals surface area (Å²) in [7, 11) is 0. The van der Waals surface area contributed by atoms with Crippen molar-refractivity contribution < 1.29 is 8.81 Å². The zero-order valence-corrected chi connectivity index (χ0v) is 13.8. The summed E-state index contributed by atoms with van der Waals surface area (Å²) >= 11 is 1.52. The fourth-order valence-corrected chi connectivity index (χ4v) is 2.92. The van der Waals surface area contributed by atoms with E-state index in [1.165, 1.54) is 29.5 Å². The van der Waals surface area contributed by atoms with Gasteiger partial charge in [0.15, 0.2) is 5.09 Å². The second-order valence-electron chi connectivity index (χ2n) is 5.25. The first-order chi connectivity index (χ1) is 11.6. The molecule has 0 aliphatic heterocycles.